The van der Waals surface area contributed by atoms with Crippen LogP contribution in [0.5, 0.6) is 5.75 Å². The predicted octanol–water partition coefficient (Wildman–Crippen LogP) is 5.44. The third kappa shape index (κ3) is 4.29. The number of non-ortho nitro benzene ring substituents is 1. The van der Waals surface area contributed by atoms with Gasteiger partial charge >= 0.3 is 5.91 Å². The highest BCUT2D eigenvalue weighted by Crippen LogP contribution is 2.28. The first kappa shape index (κ1) is 21.0. The van der Waals surface area contributed by atoms with Crippen LogP contribution >= 0.6 is 0 Å². The van der Waals surface area contributed by atoms with Gasteiger partial charge in [0, 0.05) is 23.1 Å². The van der Waals surface area contributed by atoms with E-state index >= 15 is 0 Å². The van der Waals surface area contributed by atoms with Crippen LogP contribution in [0.4, 0.5) is 5.69 Å². The van der Waals surface area contributed by atoms with Crippen LogP contribution in [-0.4, -0.2) is 23.1 Å². The molecule has 8 heteroatoms. The van der Waals surface area contributed by atoms with Crippen molar-refractivity contribution < 1.29 is 18.9 Å². The lowest BCUT2D eigenvalue weighted by molar-refractivity contribution is -0.384. The van der Waals surface area contributed by atoms with Crippen molar-refractivity contribution in [3.63, 3.8) is 0 Å². The zero-order chi connectivity index (χ0) is 22.7. The van der Waals surface area contributed by atoms with Gasteiger partial charge in [0.15, 0.2) is 5.76 Å². The summed E-state index contributed by atoms with van der Waals surface area (Å²) in [6.45, 7) is 4.03. The Kier molecular flexibility index (Phi) is 5.85. The molecule has 0 bridgehead atoms. The molecule has 4 aromatic rings. The van der Waals surface area contributed by atoms with Gasteiger partial charge in [-0.2, -0.15) is 5.10 Å². The van der Waals surface area contributed by atoms with Crippen LogP contribution < -0.4 is 10.2 Å². The number of hydrogen-bond acceptors (Lipinski definition) is 6. The summed E-state index contributed by atoms with van der Waals surface area (Å²) in [5.41, 5.74) is 3.51. The Balaban J connectivity index is 1.59. The molecule has 0 saturated heterocycles. The van der Waals surface area contributed by atoms with Crippen molar-refractivity contribution in [3.8, 4) is 5.75 Å². The quantitative estimate of drug-likeness (QED) is 0.238. The number of fused-ring (bicyclic) bond motifs is 2. The number of amides is 1. The lowest BCUT2D eigenvalue weighted by Gasteiger charge is -2.16. The first-order valence-corrected chi connectivity index (χ1v) is 10.2. The zero-order valence-corrected chi connectivity index (χ0v) is 17.6. The van der Waals surface area contributed by atoms with Gasteiger partial charge in [0.05, 0.1) is 17.2 Å². The molecule has 0 saturated carbocycles. The number of nitro benzene ring substituents is 1. The summed E-state index contributed by atoms with van der Waals surface area (Å²) in [5, 5.41) is 17.5. The molecule has 0 aliphatic carbocycles. The summed E-state index contributed by atoms with van der Waals surface area (Å²) < 4.78 is 11.5. The van der Waals surface area contributed by atoms with Gasteiger partial charge in [-0.15, -0.1) is 0 Å². The van der Waals surface area contributed by atoms with E-state index in [1.165, 1.54) is 24.3 Å². The van der Waals surface area contributed by atoms with Crippen molar-refractivity contribution in [2.75, 3.05) is 0 Å². The Morgan fingerprint density at radius 2 is 2.00 bits per heavy atom. The maximum atomic E-state index is 12.5. The molecule has 32 heavy (non-hydrogen) atoms. The lowest BCUT2D eigenvalue weighted by atomic mass is 10.0. The molecular weight excluding hydrogens is 410 g/mol. The third-order valence-corrected chi connectivity index (χ3v) is 5.13. The van der Waals surface area contributed by atoms with E-state index in [1.54, 1.807) is 6.21 Å². The van der Waals surface area contributed by atoms with E-state index in [-0.39, 0.29) is 17.6 Å². The molecule has 0 radical (unpaired) electrons. The molecule has 1 heterocycles. The van der Waals surface area contributed by atoms with Crippen LogP contribution in [-0.2, 0) is 0 Å². The highest BCUT2D eigenvalue weighted by molar-refractivity contribution is 6.03. The van der Waals surface area contributed by atoms with E-state index in [0.717, 1.165) is 22.8 Å². The summed E-state index contributed by atoms with van der Waals surface area (Å²) in [6.07, 6.45) is 2.42. The van der Waals surface area contributed by atoms with Crippen molar-refractivity contribution in [2.45, 2.75) is 26.4 Å². The number of nitrogens with one attached hydrogen (secondary N) is 1. The predicted molar refractivity (Wildman–Crippen MR) is 122 cm³/mol. The summed E-state index contributed by atoms with van der Waals surface area (Å²) >= 11 is 0. The first-order valence-electron chi connectivity index (χ1n) is 10.2. The van der Waals surface area contributed by atoms with E-state index in [2.05, 4.69) is 10.5 Å². The van der Waals surface area contributed by atoms with Crippen molar-refractivity contribution in [2.24, 2.45) is 5.10 Å². The average Bonchev–Trinajstić information content (AvgIpc) is 3.23. The van der Waals surface area contributed by atoms with Gasteiger partial charge in [-0.05, 0) is 42.3 Å². The number of hydrogen-bond donors (Lipinski definition) is 1. The standard InChI is InChI=1S/C24H21N3O5/c1-3-15(2)31-22-10-8-16-6-4-5-7-19(16)20(22)14-25-26-24(28)23-13-17-12-18(27(29)30)9-11-21(17)32-23/h4-15H,3H2,1-2H3,(H,26,28). The molecule has 1 unspecified atom stereocenters. The van der Waals surface area contributed by atoms with E-state index < -0.39 is 10.8 Å². The number of benzene rings is 3. The van der Waals surface area contributed by atoms with Gasteiger partial charge in [-0.3, -0.25) is 14.9 Å². The molecule has 4 rings (SSSR count). The van der Waals surface area contributed by atoms with Crippen LogP contribution in [0.3, 0.4) is 0 Å². The van der Waals surface area contributed by atoms with Crippen LogP contribution in [0, 0.1) is 10.1 Å². The molecule has 162 valence electrons. The minimum atomic E-state index is -0.565. The number of carbonyl (C=O) groups excluding carboxylic acids is 1. The maximum absolute atomic E-state index is 12.5. The average molecular weight is 431 g/mol. The van der Waals surface area contributed by atoms with Crippen molar-refractivity contribution in [1.82, 2.24) is 5.43 Å². The number of furan rings is 1. The molecule has 0 aliphatic heterocycles. The number of rotatable bonds is 7. The number of nitrogens with zero attached hydrogens (tertiary/aromatic N) is 2. The minimum Gasteiger partial charge on any atom is -0.490 e. The smallest absolute Gasteiger partial charge is 0.307 e. The van der Waals surface area contributed by atoms with Crippen LogP contribution in [0.15, 0.2) is 70.2 Å². The molecule has 0 fully saturated rings. The molecule has 1 amide bonds. The van der Waals surface area contributed by atoms with Crippen LogP contribution in [0.2, 0.25) is 0 Å². The van der Waals surface area contributed by atoms with Gasteiger partial charge < -0.3 is 9.15 Å². The number of ether oxygens (including phenoxy) is 1. The van der Waals surface area contributed by atoms with E-state index in [4.69, 9.17) is 9.15 Å². The number of carbonyl (C=O) groups is 1. The van der Waals surface area contributed by atoms with Crippen LogP contribution in [0.25, 0.3) is 21.7 Å². The summed E-state index contributed by atoms with van der Waals surface area (Å²) in [4.78, 5) is 22.9. The topological polar surface area (TPSA) is 107 Å². The van der Waals surface area contributed by atoms with Crippen molar-refractivity contribution in [1.29, 1.82) is 0 Å². The van der Waals surface area contributed by atoms with E-state index in [1.807, 2.05) is 50.2 Å². The number of hydrazone groups is 1. The summed E-state index contributed by atoms with van der Waals surface area (Å²) in [6, 6.07) is 17.3. The Hall–Kier alpha value is -4.20. The molecule has 0 spiro atoms. The van der Waals surface area contributed by atoms with Gasteiger partial charge in [-0.25, -0.2) is 5.43 Å². The Bertz CT molecular complexity index is 1340. The van der Waals surface area contributed by atoms with Crippen molar-refractivity contribution in [3.05, 3.63) is 82.1 Å². The second-order valence-electron chi connectivity index (χ2n) is 7.32. The first-order chi connectivity index (χ1) is 15.5. The van der Waals surface area contributed by atoms with Gasteiger partial charge in [0.25, 0.3) is 5.69 Å². The van der Waals surface area contributed by atoms with Crippen molar-refractivity contribution >= 4 is 39.6 Å². The third-order valence-electron chi connectivity index (χ3n) is 5.13. The highest BCUT2D eigenvalue weighted by atomic mass is 16.6. The molecule has 3 aromatic carbocycles. The van der Waals surface area contributed by atoms with E-state index in [9.17, 15) is 14.9 Å². The maximum Gasteiger partial charge on any atom is 0.307 e. The normalized spacial score (nSPS) is 12.3. The molecule has 1 atom stereocenters. The van der Waals surface area contributed by atoms with Gasteiger partial charge in [-0.1, -0.05) is 37.3 Å². The minimum absolute atomic E-state index is 0.00615. The fourth-order valence-corrected chi connectivity index (χ4v) is 3.28. The second-order valence-corrected chi connectivity index (χ2v) is 7.32. The Labute approximate surface area is 183 Å². The molecule has 1 aromatic heterocycles. The summed E-state index contributed by atoms with van der Waals surface area (Å²) in [7, 11) is 0. The Morgan fingerprint density at radius 3 is 2.78 bits per heavy atom. The molecule has 8 nitrogen and oxygen atoms in total. The molecular formula is C24H21N3O5. The monoisotopic (exact) mass is 431 g/mol. The fraction of sp³-hybridized carbons (Fsp3) is 0.167. The number of nitro groups is 1. The van der Waals surface area contributed by atoms with Gasteiger partial charge in [0.1, 0.15) is 11.3 Å². The SMILES string of the molecule is CCC(C)Oc1ccc2ccccc2c1C=NNC(=O)c1cc2cc([N+](=O)[O-])ccc2o1. The van der Waals surface area contributed by atoms with Crippen LogP contribution in [0.1, 0.15) is 36.4 Å². The fourth-order valence-electron chi connectivity index (χ4n) is 3.28. The van der Waals surface area contributed by atoms with E-state index in [0.29, 0.717) is 16.7 Å². The van der Waals surface area contributed by atoms with Gasteiger partial charge in [0.2, 0.25) is 0 Å². The highest BCUT2D eigenvalue weighted by Gasteiger charge is 2.15. The second kappa shape index (κ2) is 8.89. The molecule has 0 aliphatic rings. The molecule has 1 N–H and O–H groups in total. The lowest BCUT2D eigenvalue weighted by Crippen LogP contribution is -2.17. The largest absolute Gasteiger partial charge is 0.490 e. The Morgan fingerprint density at radius 1 is 1.19 bits per heavy atom. The zero-order valence-electron chi connectivity index (χ0n) is 17.6. The summed E-state index contributed by atoms with van der Waals surface area (Å²) in [5.74, 6) is 0.114.